The Morgan fingerprint density at radius 1 is 1.12 bits per heavy atom. The fourth-order valence-electron chi connectivity index (χ4n) is 3.11. The molecule has 0 saturated carbocycles. The molecule has 0 aliphatic carbocycles. The number of methoxy groups -OCH3 is 1. The lowest BCUT2D eigenvalue weighted by Gasteiger charge is -2.12. The first-order valence-corrected chi connectivity index (χ1v) is 9.87. The smallest absolute Gasteiger partial charge is 0.283 e. The number of hydrogen-bond donors (Lipinski definition) is 0. The van der Waals surface area contributed by atoms with Crippen molar-refractivity contribution < 1.29 is 27.1 Å². The highest BCUT2D eigenvalue weighted by molar-refractivity contribution is 6.32. The van der Waals surface area contributed by atoms with Crippen LogP contribution < -0.4 is 4.74 Å². The van der Waals surface area contributed by atoms with Gasteiger partial charge in [0.05, 0.1) is 18.7 Å². The Hall–Kier alpha value is -3.13. The van der Waals surface area contributed by atoms with Crippen LogP contribution >= 0.6 is 11.6 Å². The normalized spacial score (nSPS) is 11.7. The first kappa shape index (κ1) is 23.5. The Bertz CT molecular complexity index is 1140. The molecule has 4 nitrogen and oxygen atoms in total. The number of alkyl halides is 4. The molecule has 0 unspecified atom stereocenters. The van der Waals surface area contributed by atoms with Crippen molar-refractivity contribution in [1.29, 1.82) is 0 Å². The van der Waals surface area contributed by atoms with Gasteiger partial charge >= 0.3 is 0 Å². The summed E-state index contributed by atoms with van der Waals surface area (Å²) >= 11 is 5.72. The zero-order chi connectivity index (χ0) is 23.4. The Kier molecular flexibility index (Phi) is 7.35. The van der Waals surface area contributed by atoms with Gasteiger partial charge in [0.15, 0.2) is 5.78 Å². The van der Waals surface area contributed by atoms with E-state index in [1.54, 1.807) is 36.4 Å². The number of carbonyl (C=O) groups is 1. The van der Waals surface area contributed by atoms with E-state index < -0.39 is 29.3 Å². The average molecular weight is 467 g/mol. The lowest BCUT2D eigenvalue weighted by molar-refractivity contribution is 0.104. The largest absolute Gasteiger partial charge is 0.496 e. The van der Waals surface area contributed by atoms with Gasteiger partial charge in [0.25, 0.3) is 12.9 Å². The molecular formula is C23H19ClF4N2O2. The van der Waals surface area contributed by atoms with Gasteiger partial charge in [0, 0.05) is 11.1 Å². The van der Waals surface area contributed by atoms with Gasteiger partial charge in [-0.15, -0.1) is 0 Å². The molecular weight excluding hydrogens is 448 g/mol. The number of ether oxygens (including phenoxy) is 1. The van der Waals surface area contributed by atoms with E-state index in [1.807, 2.05) is 19.1 Å². The van der Waals surface area contributed by atoms with Gasteiger partial charge in [0.2, 0.25) is 0 Å². The minimum atomic E-state index is -3.09. The number of halogens is 5. The van der Waals surface area contributed by atoms with Crippen LogP contribution in [-0.2, 0) is 6.54 Å². The van der Waals surface area contributed by atoms with E-state index in [0.717, 1.165) is 10.2 Å². The van der Waals surface area contributed by atoms with Gasteiger partial charge in [0.1, 0.15) is 17.1 Å². The van der Waals surface area contributed by atoms with Gasteiger partial charge in [-0.25, -0.2) is 17.6 Å². The molecule has 0 radical (unpaired) electrons. The topological polar surface area (TPSA) is 44.1 Å². The van der Waals surface area contributed by atoms with Crippen molar-refractivity contribution in [2.24, 2.45) is 0 Å². The van der Waals surface area contributed by atoms with E-state index in [-0.39, 0.29) is 12.3 Å². The lowest BCUT2D eigenvalue weighted by Crippen LogP contribution is -2.08. The summed E-state index contributed by atoms with van der Waals surface area (Å²) in [7, 11) is 1.39. The molecule has 0 bridgehead atoms. The quantitative estimate of drug-likeness (QED) is 0.211. The molecule has 0 aliphatic rings. The monoisotopic (exact) mass is 466 g/mol. The maximum absolute atomic E-state index is 13.5. The van der Waals surface area contributed by atoms with Crippen LogP contribution in [0.4, 0.5) is 17.6 Å². The minimum Gasteiger partial charge on any atom is -0.496 e. The molecule has 0 amide bonds. The molecule has 0 atom stereocenters. The lowest BCUT2D eigenvalue weighted by atomic mass is 10.1. The number of aromatic nitrogens is 2. The van der Waals surface area contributed by atoms with Crippen molar-refractivity contribution in [2.75, 3.05) is 7.11 Å². The van der Waals surface area contributed by atoms with Gasteiger partial charge in [-0.3, -0.25) is 9.48 Å². The van der Waals surface area contributed by atoms with E-state index in [9.17, 15) is 22.4 Å². The summed E-state index contributed by atoms with van der Waals surface area (Å²) in [4.78, 5) is 12.4. The fourth-order valence-corrected chi connectivity index (χ4v) is 3.41. The highest BCUT2D eigenvalue weighted by Gasteiger charge is 2.28. The Labute approximate surface area is 187 Å². The molecule has 168 valence electrons. The number of hydrogen-bond acceptors (Lipinski definition) is 3. The van der Waals surface area contributed by atoms with E-state index in [1.165, 1.54) is 13.2 Å². The summed E-state index contributed by atoms with van der Waals surface area (Å²) < 4.78 is 59.1. The molecule has 0 saturated heterocycles. The average Bonchev–Trinajstić information content (AvgIpc) is 3.09. The van der Waals surface area contributed by atoms with Gasteiger partial charge < -0.3 is 4.74 Å². The first-order chi connectivity index (χ1) is 15.2. The third-order valence-electron chi connectivity index (χ3n) is 4.76. The summed E-state index contributed by atoms with van der Waals surface area (Å²) in [6, 6.07) is 12.0. The number of benzene rings is 2. The van der Waals surface area contributed by atoms with Crippen molar-refractivity contribution >= 4 is 23.5 Å². The van der Waals surface area contributed by atoms with Crippen molar-refractivity contribution in [3.05, 3.63) is 87.2 Å². The van der Waals surface area contributed by atoms with Crippen LogP contribution in [0.1, 0.15) is 51.3 Å². The SMILES string of the molecule is COc1ccc(/C=C/C(=O)c2ccc(C)cc2)cc1Cn1nc(C(F)F)c(Cl)c1C(F)F. The second-order valence-corrected chi connectivity index (χ2v) is 7.36. The number of nitrogens with zero attached hydrogens (tertiary/aromatic N) is 2. The highest BCUT2D eigenvalue weighted by Crippen LogP contribution is 2.35. The van der Waals surface area contributed by atoms with Crippen LogP contribution in [0.2, 0.25) is 5.02 Å². The number of ketones is 1. The molecule has 0 spiro atoms. The number of carbonyl (C=O) groups excluding carboxylic acids is 1. The predicted molar refractivity (Wildman–Crippen MR) is 114 cm³/mol. The molecule has 32 heavy (non-hydrogen) atoms. The van der Waals surface area contributed by atoms with Gasteiger partial charge in [-0.05, 0) is 30.7 Å². The third-order valence-corrected chi connectivity index (χ3v) is 5.14. The van der Waals surface area contributed by atoms with Crippen LogP contribution in [0.15, 0.2) is 48.5 Å². The van der Waals surface area contributed by atoms with Crippen LogP contribution in [0, 0.1) is 6.92 Å². The molecule has 9 heteroatoms. The number of aryl methyl sites for hydroxylation is 1. The Morgan fingerprint density at radius 3 is 2.41 bits per heavy atom. The molecule has 2 aromatic carbocycles. The fraction of sp³-hybridized carbons (Fsp3) is 0.217. The van der Waals surface area contributed by atoms with Crippen molar-refractivity contribution in [3.63, 3.8) is 0 Å². The Balaban J connectivity index is 1.91. The second kappa shape index (κ2) is 9.99. The van der Waals surface area contributed by atoms with E-state index in [4.69, 9.17) is 16.3 Å². The summed E-state index contributed by atoms with van der Waals surface area (Å²) in [6.45, 7) is 1.64. The molecule has 0 fully saturated rings. The van der Waals surface area contributed by atoms with Crippen LogP contribution in [0.5, 0.6) is 5.75 Å². The van der Waals surface area contributed by atoms with E-state index in [2.05, 4.69) is 5.10 Å². The maximum Gasteiger partial charge on any atom is 0.283 e. The number of rotatable bonds is 8. The third kappa shape index (κ3) is 5.19. The van der Waals surface area contributed by atoms with Crippen molar-refractivity contribution in [2.45, 2.75) is 26.3 Å². The van der Waals surface area contributed by atoms with Gasteiger partial charge in [-0.2, -0.15) is 5.10 Å². The molecule has 0 N–H and O–H groups in total. The highest BCUT2D eigenvalue weighted by atomic mass is 35.5. The number of allylic oxidation sites excluding steroid dienone is 1. The standard InChI is InChI=1S/C23H19ClF4N2O2/c1-13-3-7-15(8-4-13)17(31)9-5-14-6-10-18(32-2)16(11-14)12-30-21(23(27)28)19(24)20(29-30)22(25)26/h3-11,22-23H,12H2,1-2H3/b9-5+. The zero-order valence-corrected chi connectivity index (χ0v) is 17.9. The molecule has 1 heterocycles. The zero-order valence-electron chi connectivity index (χ0n) is 17.2. The molecule has 3 aromatic rings. The maximum atomic E-state index is 13.5. The van der Waals surface area contributed by atoms with Crippen LogP contribution in [-0.4, -0.2) is 22.7 Å². The summed E-state index contributed by atoms with van der Waals surface area (Å²) in [5.74, 6) is 0.139. The first-order valence-electron chi connectivity index (χ1n) is 9.49. The summed E-state index contributed by atoms with van der Waals surface area (Å²) in [5.41, 5.74) is 0.849. The van der Waals surface area contributed by atoms with E-state index in [0.29, 0.717) is 22.4 Å². The molecule has 0 aliphatic heterocycles. The van der Waals surface area contributed by atoms with Crippen molar-refractivity contribution in [1.82, 2.24) is 9.78 Å². The van der Waals surface area contributed by atoms with Crippen molar-refractivity contribution in [3.8, 4) is 5.75 Å². The second-order valence-electron chi connectivity index (χ2n) is 6.98. The minimum absolute atomic E-state index is 0.206. The van der Waals surface area contributed by atoms with Crippen LogP contribution in [0.25, 0.3) is 6.08 Å². The predicted octanol–water partition coefficient (Wildman–Crippen LogP) is 6.67. The molecule has 3 rings (SSSR count). The Morgan fingerprint density at radius 2 is 1.81 bits per heavy atom. The summed E-state index contributed by atoms with van der Waals surface area (Å²) in [6.07, 6.45) is -3.23. The van der Waals surface area contributed by atoms with E-state index >= 15 is 0 Å². The summed E-state index contributed by atoms with van der Waals surface area (Å²) in [5, 5.41) is 2.82. The van der Waals surface area contributed by atoms with Gasteiger partial charge in [-0.1, -0.05) is 53.6 Å². The van der Waals surface area contributed by atoms with Crippen LogP contribution in [0.3, 0.4) is 0 Å². The molecule has 1 aromatic heterocycles.